The van der Waals surface area contributed by atoms with E-state index >= 15 is 0 Å². The van der Waals surface area contributed by atoms with Crippen molar-refractivity contribution in [3.8, 4) is 0 Å². The first-order valence-electron chi connectivity index (χ1n) is 8.09. The van der Waals surface area contributed by atoms with Gasteiger partial charge in [-0.05, 0) is 48.3 Å². The Kier molecular flexibility index (Phi) is 4.48. The lowest BCUT2D eigenvalue weighted by molar-refractivity contribution is 0.423. The van der Waals surface area contributed by atoms with E-state index < -0.39 is 0 Å². The molecule has 1 saturated carbocycles. The fourth-order valence-electron chi connectivity index (χ4n) is 3.81. The van der Waals surface area contributed by atoms with Crippen molar-refractivity contribution in [1.29, 1.82) is 0 Å². The Morgan fingerprint density at radius 2 is 1.68 bits per heavy atom. The van der Waals surface area contributed by atoms with Gasteiger partial charge in [0.1, 0.15) is 0 Å². The summed E-state index contributed by atoms with van der Waals surface area (Å²) in [5.74, 6) is 0.859. The number of hydrogen-bond acceptors (Lipinski definition) is 0. The highest BCUT2D eigenvalue weighted by Gasteiger charge is 2.19. The number of halogens is 1. The molecule has 0 spiro atoms. The number of alkyl halides is 1. The van der Waals surface area contributed by atoms with Gasteiger partial charge in [-0.15, -0.1) is 11.6 Å². The third kappa shape index (κ3) is 3.34. The van der Waals surface area contributed by atoms with E-state index in [0.717, 1.165) is 5.92 Å². The summed E-state index contributed by atoms with van der Waals surface area (Å²) in [6.07, 6.45) is 13.5. The molecule has 1 atom stereocenters. The van der Waals surface area contributed by atoms with Crippen molar-refractivity contribution in [2.75, 3.05) is 0 Å². The number of aryl methyl sites for hydroxylation is 2. The number of hydrogen-bond donors (Lipinski definition) is 0. The molecule has 2 aliphatic rings. The molecular weight excluding hydrogens is 252 g/mol. The highest BCUT2D eigenvalue weighted by molar-refractivity contribution is 6.20. The van der Waals surface area contributed by atoms with Crippen LogP contribution in [0.4, 0.5) is 0 Å². The van der Waals surface area contributed by atoms with E-state index in [4.69, 9.17) is 11.6 Å². The summed E-state index contributed by atoms with van der Waals surface area (Å²) in [5, 5.41) is 0.231. The summed E-state index contributed by atoms with van der Waals surface area (Å²) >= 11 is 6.69. The summed E-state index contributed by atoms with van der Waals surface area (Å²) in [4.78, 5) is 0. The maximum absolute atomic E-state index is 6.69. The van der Waals surface area contributed by atoms with E-state index in [-0.39, 0.29) is 5.38 Å². The third-order valence-corrected chi connectivity index (χ3v) is 5.43. The van der Waals surface area contributed by atoms with E-state index in [1.807, 2.05) is 0 Å². The first-order chi connectivity index (χ1) is 9.33. The van der Waals surface area contributed by atoms with Crippen LogP contribution in [0.5, 0.6) is 0 Å². The average molecular weight is 277 g/mol. The highest BCUT2D eigenvalue weighted by Crippen LogP contribution is 2.36. The lowest BCUT2D eigenvalue weighted by Gasteiger charge is -2.18. The second-order valence-corrected chi connectivity index (χ2v) is 6.97. The maximum atomic E-state index is 6.69. The van der Waals surface area contributed by atoms with E-state index in [2.05, 4.69) is 18.2 Å². The summed E-state index contributed by atoms with van der Waals surface area (Å²) in [6, 6.07) is 6.98. The summed E-state index contributed by atoms with van der Waals surface area (Å²) in [5.41, 5.74) is 4.48. The van der Waals surface area contributed by atoms with Crippen LogP contribution in [-0.2, 0) is 12.8 Å². The molecule has 2 aliphatic carbocycles. The zero-order valence-electron chi connectivity index (χ0n) is 11.8. The Morgan fingerprint density at radius 1 is 0.947 bits per heavy atom. The molecule has 1 heteroatoms. The summed E-state index contributed by atoms with van der Waals surface area (Å²) < 4.78 is 0. The predicted octanol–water partition coefficient (Wildman–Crippen LogP) is 5.82. The van der Waals surface area contributed by atoms with Crippen LogP contribution in [0.15, 0.2) is 18.2 Å². The Morgan fingerprint density at radius 3 is 2.47 bits per heavy atom. The largest absolute Gasteiger partial charge is 0.118 e. The van der Waals surface area contributed by atoms with Crippen molar-refractivity contribution in [2.45, 2.75) is 69.6 Å². The first-order valence-corrected chi connectivity index (χ1v) is 8.52. The molecule has 104 valence electrons. The van der Waals surface area contributed by atoms with Crippen LogP contribution in [0.1, 0.15) is 73.4 Å². The molecule has 1 aromatic carbocycles. The SMILES string of the molecule is ClC(CC1CCCCCC1)c1ccc2c(c1)CCC2. The van der Waals surface area contributed by atoms with Gasteiger partial charge in [-0.2, -0.15) is 0 Å². The number of benzene rings is 1. The van der Waals surface area contributed by atoms with Gasteiger partial charge in [0.2, 0.25) is 0 Å². The van der Waals surface area contributed by atoms with E-state index in [1.54, 1.807) is 11.1 Å². The second kappa shape index (κ2) is 6.31. The Bertz CT molecular complexity index is 416. The standard InChI is InChI=1S/C18H25Cl/c19-18(12-14-6-3-1-2-4-7-14)17-11-10-15-8-5-9-16(15)13-17/h10-11,13-14,18H,1-9,12H2. The number of fused-ring (bicyclic) bond motifs is 1. The smallest absolute Gasteiger partial charge is 0.0588 e. The van der Waals surface area contributed by atoms with E-state index in [0.29, 0.717) is 0 Å². The quantitative estimate of drug-likeness (QED) is 0.482. The number of rotatable bonds is 3. The molecule has 1 fully saturated rings. The molecule has 0 aliphatic heterocycles. The third-order valence-electron chi connectivity index (χ3n) is 5.00. The highest BCUT2D eigenvalue weighted by atomic mass is 35.5. The van der Waals surface area contributed by atoms with Gasteiger partial charge in [0.05, 0.1) is 5.38 Å². The topological polar surface area (TPSA) is 0 Å². The van der Waals surface area contributed by atoms with Crippen LogP contribution in [0.2, 0.25) is 0 Å². The van der Waals surface area contributed by atoms with Crippen LogP contribution >= 0.6 is 11.6 Å². The van der Waals surface area contributed by atoms with Gasteiger partial charge in [-0.1, -0.05) is 56.7 Å². The van der Waals surface area contributed by atoms with Crippen molar-refractivity contribution >= 4 is 11.6 Å². The van der Waals surface area contributed by atoms with Gasteiger partial charge >= 0.3 is 0 Å². The van der Waals surface area contributed by atoms with Crippen LogP contribution in [-0.4, -0.2) is 0 Å². The van der Waals surface area contributed by atoms with Crippen LogP contribution in [0.25, 0.3) is 0 Å². The van der Waals surface area contributed by atoms with Gasteiger partial charge in [0.15, 0.2) is 0 Å². The normalized spacial score (nSPS) is 21.9. The van der Waals surface area contributed by atoms with Gasteiger partial charge in [0, 0.05) is 0 Å². The summed E-state index contributed by atoms with van der Waals surface area (Å²) in [7, 11) is 0. The van der Waals surface area contributed by atoms with Crippen LogP contribution in [0.3, 0.4) is 0 Å². The minimum Gasteiger partial charge on any atom is -0.118 e. The molecule has 1 unspecified atom stereocenters. The molecule has 19 heavy (non-hydrogen) atoms. The molecule has 0 radical (unpaired) electrons. The fourth-order valence-corrected chi connectivity index (χ4v) is 4.20. The van der Waals surface area contributed by atoms with Crippen molar-refractivity contribution in [1.82, 2.24) is 0 Å². The fraction of sp³-hybridized carbons (Fsp3) is 0.667. The average Bonchev–Trinajstić information content (AvgIpc) is 2.75. The molecule has 0 saturated heterocycles. The monoisotopic (exact) mass is 276 g/mol. The Labute approximate surface area is 122 Å². The molecule has 0 aromatic heterocycles. The van der Waals surface area contributed by atoms with Crippen molar-refractivity contribution in [3.63, 3.8) is 0 Å². The molecule has 0 N–H and O–H groups in total. The molecule has 0 nitrogen and oxygen atoms in total. The van der Waals surface area contributed by atoms with Crippen LogP contribution < -0.4 is 0 Å². The minimum atomic E-state index is 0.231. The van der Waals surface area contributed by atoms with Gasteiger partial charge in [-0.25, -0.2) is 0 Å². The molecule has 3 rings (SSSR count). The molecule has 0 bridgehead atoms. The van der Waals surface area contributed by atoms with E-state index in [1.165, 1.54) is 69.8 Å². The second-order valence-electron chi connectivity index (χ2n) is 6.44. The maximum Gasteiger partial charge on any atom is 0.0588 e. The lowest BCUT2D eigenvalue weighted by Crippen LogP contribution is -2.04. The first kappa shape index (κ1) is 13.5. The van der Waals surface area contributed by atoms with E-state index in [9.17, 15) is 0 Å². The predicted molar refractivity (Wildman–Crippen MR) is 82.9 cm³/mol. The van der Waals surface area contributed by atoms with Gasteiger partial charge < -0.3 is 0 Å². The molecule has 0 heterocycles. The van der Waals surface area contributed by atoms with Gasteiger partial charge in [0.25, 0.3) is 0 Å². The summed E-state index contributed by atoms with van der Waals surface area (Å²) in [6.45, 7) is 0. The van der Waals surface area contributed by atoms with Crippen molar-refractivity contribution in [3.05, 3.63) is 34.9 Å². The Hall–Kier alpha value is -0.490. The van der Waals surface area contributed by atoms with Crippen molar-refractivity contribution < 1.29 is 0 Å². The van der Waals surface area contributed by atoms with Crippen molar-refractivity contribution in [2.24, 2.45) is 5.92 Å². The van der Waals surface area contributed by atoms with Gasteiger partial charge in [-0.3, -0.25) is 0 Å². The van der Waals surface area contributed by atoms with Crippen LogP contribution in [0, 0.1) is 5.92 Å². The zero-order valence-corrected chi connectivity index (χ0v) is 12.6. The molecule has 1 aromatic rings. The lowest BCUT2D eigenvalue weighted by atomic mass is 9.92. The minimum absolute atomic E-state index is 0.231. The molecular formula is C18H25Cl. The Balaban J connectivity index is 1.64. The molecule has 0 amide bonds. The zero-order chi connectivity index (χ0) is 13.1.